The average Bonchev–Trinajstić information content (AvgIpc) is 3.48. The molecular formula is C27H28FN7O3. The number of piperazine rings is 1. The molecule has 2 aromatic carbocycles. The van der Waals surface area contributed by atoms with E-state index in [2.05, 4.69) is 25.2 Å². The van der Waals surface area contributed by atoms with Crippen molar-refractivity contribution in [3.63, 3.8) is 0 Å². The number of carbonyl (C=O) groups is 1. The van der Waals surface area contributed by atoms with Gasteiger partial charge in [-0.3, -0.25) is 4.79 Å². The Morgan fingerprint density at radius 1 is 1.11 bits per heavy atom. The third kappa shape index (κ3) is 4.37. The van der Waals surface area contributed by atoms with E-state index in [1.54, 1.807) is 24.0 Å². The maximum Gasteiger partial charge on any atom is 0.263 e. The van der Waals surface area contributed by atoms with Crippen LogP contribution in [0, 0.1) is 5.82 Å². The second-order valence-corrected chi connectivity index (χ2v) is 10.2. The van der Waals surface area contributed by atoms with Gasteiger partial charge < -0.3 is 19.3 Å². The largest absolute Gasteiger partial charge is 0.483 e. The van der Waals surface area contributed by atoms with Crippen LogP contribution in [0.5, 0.6) is 11.5 Å². The monoisotopic (exact) mass is 517 g/mol. The van der Waals surface area contributed by atoms with Gasteiger partial charge in [0.05, 0.1) is 5.69 Å². The van der Waals surface area contributed by atoms with Crippen LogP contribution in [0.4, 0.5) is 10.2 Å². The fourth-order valence-corrected chi connectivity index (χ4v) is 5.07. The van der Waals surface area contributed by atoms with Gasteiger partial charge in [-0.2, -0.15) is 4.68 Å². The van der Waals surface area contributed by atoms with Crippen LogP contribution in [0.3, 0.4) is 0 Å². The van der Waals surface area contributed by atoms with E-state index in [4.69, 9.17) is 9.47 Å². The number of hydrogen-bond donors (Lipinski definition) is 0. The molecule has 1 unspecified atom stereocenters. The van der Waals surface area contributed by atoms with Crippen LogP contribution in [0.2, 0.25) is 0 Å². The lowest BCUT2D eigenvalue weighted by atomic mass is 10.0. The number of halogens is 1. The summed E-state index contributed by atoms with van der Waals surface area (Å²) in [5.41, 5.74) is 2.34. The molecule has 4 heterocycles. The minimum Gasteiger partial charge on any atom is -0.483 e. The zero-order valence-electron chi connectivity index (χ0n) is 21.5. The smallest absolute Gasteiger partial charge is 0.263 e. The maximum absolute atomic E-state index is 13.7. The van der Waals surface area contributed by atoms with E-state index in [0.717, 1.165) is 17.7 Å². The van der Waals surface area contributed by atoms with Crippen molar-refractivity contribution in [3.8, 4) is 17.2 Å². The molecule has 0 N–H and O–H groups in total. The molecule has 196 valence electrons. The number of rotatable bonds is 5. The molecule has 1 fully saturated rings. The van der Waals surface area contributed by atoms with Crippen LogP contribution in [0.25, 0.3) is 16.9 Å². The lowest BCUT2D eigenvalue weighted by Crippen LogP contribution is -2.52. The molecule has 2 aromatic heterocycles. The zero-order chi connectivity index (χ0) is 26.4. The van der Waals surface area contributed by atoms with Crippen molar-refractivity contribution in [2.45, 2.75) is 38.9 Å². The van der Waals surface area contributed by atoms with Crippen molar-refractivity contribution in [2.75, 3.05) is 31.1 Å². The van der Waals surface area contributed by atoms with Crippen LogP contribution >= 0.6 is 0 Å². The Hall–Kier alpha value is -4.28. The second kappa shape index (κ2) is 9.23. The van der Waals surface area contributed by atoms with Crippen LogP contribution in [0.1, 0.15) is 26.3 Å². The predicted octanol–water partition coefficient (Wildman–Crippen LogP) is 3.18. The van der Waals surface area contributed by atoms with E-state index in [1.807, 2.05) is 32.0 Å². The molecule has 4 aromatic rings. The lowest BCUT2D eigenvalue weighted by molar-refractivity contribution is -0.138. The molecule has 0 radical (unpaired) electrons. The Balaban J connectivity index is 1.13. The Bertz CT molecular complexity index is 1510. The summed E-state index contributed by atoms with van der Waals surface area (Å²) in [6.45, 7) is 7.99. The number of aromatic nitrogens is 5. The third-order valence-electron chi connectivity index (χ3n) is 6.87. The molecule has 0 spiro atoms. The molecule has 0 bridgehead atoms. The molecule has 1 atom stereocenters. The highest BCUT2D eigenvalue weighted by molar-refractivity contribution is 5.84. The predicted molar refractivity (Wildman–Crippen MR) is 138 cm³/mol. The van der Waals surface area contributed by atoms with Crippen molar-refractivity contribution in [2.24, 2.45) is 0 Å². The van der Waals surface area contributed by atoms with Gasteiger partial charge in [0.2, 0.25) is 0 Å². The van der Waals surface area contributed by atoms with Gasteiger partial charge in [0.1, 0.15) is 17.7 Å². The first kappa shape index (κ1) is 24.1. The summed E-state index contributed by atoms with van der Waals surface area (Å²) in [4.78, 5) is 25.9. The minimum atomic E-state index is -0.655. The number of para-hydroxylation sites is 1. The van der Waals surface area contributed by atoms with Crippen LogP contribution in [-0.2, 0) is 11.2 Å². The first-order valence-corrected chi connectivity index (χ1v) is 12.6. The first-order chi connectivity index (χ1) is 18.3. The zero-order valence-corrected chi connectivity index (χ0v) is 21.5. The van der Waals surface area contributed by atoms with E-state index in [1.165, 1.54) is 23.1 Å². The summed E-state index contributed by atoms with van der Waals surface area (Å²) in [7, 11) is 0. The Kier molecular flexibility index (Phi) is 5.85. The average molecular weight is 518 g/mol. The number of hydrogen-bond acceptors (Lipinski definition) is 8. The van der Waals surface area contributed by atoms with E-state index in [-0.39, 0.29) is 17.3 Å². The number of carbonyl (C=O) groups excluding carboxylic acids is 1. The lowest BCUT2D eigenvalue weighted by Gasteiger charge is -2.36. The molecule has 0 saturated carbocycles. The number of anilines is 1. The molecule has 38 heavy (non-hydrogen) atoms. The van der Waals surface area contributed by atoms with Crippen molar-refractivity contribution in [3.05, 3.63) is 60.2 Å². The van der Waals surface area contributed by atoms with Gasteiger partial charge in [-0.1, -0.05) is 23.4 Å². The summed E-state index contributed by atoms with van der Waals surface area (Å²) in [5.74, 6) is 1.50. The second-order valence-electron chi connectivity index (χ2n) is 10.2. The molecule has 0 aliphatic carbocycles. The van der Waals surface area contributed by atoms with E-state index < -0.39 is 6.10 Å². The first-order valence-electron chi connectivity index (χ1n) is 12.6. The van der Waals surface area contributed by atoms with Gasteiger partial charge in [-0.15, -0.1) is 5.10 Å². The molecule has 2 aliphatic heterocycles. The summed E-state index contributed by atoms with van der Waals surface area (Å²) in [5, 5.41) is 8.46. The van der Waals surface area contributed by atoms with Gasteiger partial charge in [-0.05, 0) is 45.0 Å². The van der Waals surface area contributed by atoms with Crippen molar-refractivity contribution < 1.29 is 18.7 Å². The fraction of sp³-hybridized carbons (Fsp3) is 0.370. The van der Waals surface area contributed by atoms with Gasteiger partial charge in [0, 0.05) is 38.2 Å². The molecular weight excluding hydrogens is 489 g/mol. The van der Waals surface area contributed by atoms with Crippen LogP contribution in [-0.4, -0.2) is 73.7 Å². The standard InChI is InChI=1S/C27H28FN7O3/c1-17(37-21-9-4-6-18-15-27(2,3)38-23(18)21)26(36)34-12-10-33(11-13-34)24-22-25(30-16-29-24)35(32-31-22)20-8-5-7-19(28)14-20/h4-9,14,16-17H,10-13,15H2,1-3H3. The number of fused-ring (bicyclic) bond motifs is 2. The SMILES string of the molecule is CC(Oc1cccc2c1OC(C)(C)C2)C(=O)N1CCN(c2ncnc3c2nnn3-c2cccc(F)c2)CC1. The molecule has 1 amide bonds. The summed E-state index contributed by atoms with van der Waals surface area (Å²) in [6.07, 6.45) is 1.60. The number of amides is 1. The molecule has 11 heteroatoms. The van der Waals surface area contributed by atoms with Crippen molar-refractivity contribution in [1.82, 2.24) is 29.9 Å². The van der Waals surface area contributed by atoms with Crippen molar-refractivity contribution in [1.29, 1.82) is 0 Å². The van der Waals surface area contributed by atoms with Crippen LogP contribution in [0.15, 0.2) is 48.8 Å². The topological polar surface area (TPSA) is 98.5 Å². The Morgan fingerprint density at radius 2 is 1.89 bits per heavy atom. The number of ether oxygens (including phenoxy) is 2. The summed E-state index contributed by atoms with van der Waals surface area (Å²) < 4.78 is 27.4. The summed E-state index contributed by atoms with van der Waals surface area (Å²) >= 11 is 0. The van der Waals surface area contributed by atoms with E-state index in [9.17, 15) is 9.18 Å². The molecule has 10 nitrogen and oxygen atoms in total. The Morgan fingerprint density at radius 3 is 2.68 bits per heavy atom. The van der Waals surface area contributed by atoms with Gasteiger partial charge in [-0.25, -0.2) is 14.4 Å². The van der Waals surface area contributed by atoms with Crippen molar-refractivity contribution >= 4 is 22.9 Å². The normalized spacial score (nSPS) is 17.3. The van der Waals surface area contributed by atoms with E-state index >= 15 is 0 Å². The van der Waals surface area contributed by atoms with Gasteiger partial charge in [0.25, 0.3) is 5.91 Å². The highest BCUT2D eigenvalue weighted by Gasteiger charge is 2.34. The number of benzene rings is 2. The van der Waals surface area contributed by atoms with E-state index in [0.29, 0.717) is 54.6 Å². The summed E-state index contributed by atoms with van der Waals surface area (Å²) in [6, 6.07) is 11.9. The van der Waals surface area contributed by atoms with Gasteiger partial charge in [0.15, 0.2) is 34.6 Å². The fourth-order valence-electron chi connectivity index (χ4n) is 5.07. The molecule has 1 saturated heterocycles. The Labute approximate surface area is 219 Å². The van der Waals surface area contributed by atoms with Crippen LogP contribution < -0.4 is 14.4 Å². The highest BCUT2D eigenvalue weighted by Crippen LogP contribution is 2.42. The highest BCUT2D eigenvalue weighted by atomic mass is 19.1. The maximum atomic E-state index is 13.7. The number of nitrogens with zero attached hydrogens (tertiary/aromatic N) is 7. The molecule has 2 aliphatic rings. The van der Waals surface area contributed by atoms with Gasteiger partial charge >= 0.3 is 0 Å². The molecule has 6 rings (SSSR count). The minimum absolute atomic E-state index is 0.0793. The third-order valence-corrected chi connectivity index (χ3v) is 6.87. The quantitative estimate of drug-likeness (QED) is 0.398.